The molecule has 0 saturated heterocycles. The van der Waals surface area contributed by atoms with E-state index in [9.17, 15) is 14.4 Å². The van der Waals surface area contributed by atoms with Crippen molar-refractivity contribution >= 4 is 17.9 Å². The van der Waals surface area contributed by atoms with Crippen LogP contribution < -0.4 is 0 Å². The van der Waals surface area contributed by atoms with Gasteiger partial charge in [-0.25, -0.2) is 0 Å². The van der Waals surface area contributed by atoms with Crippen molar-refractivity contribution in [1.82, 2.24) is 0 Å². The largest absolute Gasteiger partial charge is 0.462 e. The molecule has 0 aromatic carbocycles. The average molecular weight is 1160 g/mol. The van der Waals surface area contributed by atoms with Crippen LogP contribution >= 0.6 is 0 Å². The smallest absolute Gasteiger partial charge is 0.306 e. The summed E-state index contributed by atoms with van der Waals surface area (Å²) in [6, 6.07) is 0. The van der Waals surface area contributed by atoms with Gasteiger partial charge in [-0.3, -0.25) is 14.4 Å². The lowest BCUT2D eigenvalue weighted by Gasteiger charge is -2.18. The summed E-state index contributed by atoms with van der Waals surface area (Å²) in [6.45, 7) is 6.58. The van der Waals surface area contributed by atoms with Gasteiger partial charge in [0.1, 0.15) is 13.2 Å². The van der Waals surface area contributed by atoms with E-state index in [1.54, 1.807) is 0 Å². The molecule has 0 heterocycles. The second-order valence-corrected chi connectivity index (χ2v) is 24.5. The van der Waals surface area contributed by atoms with E-state index in [1.807, 2.05) is 0 Å². The lowest BCUT2D eigenvalue weighted by atomic mass is 10.0. The first-order valence-corrected chi connectivity index (χ1v) is 36.4. The van der Waals surface area contributed by atoms with Crippen LogP contribution in [0.3, 0.4) is 0 Å². The average Bonchev–Trinajstić information content (AvgIpc) is 3.48. The van der Waals surface area contributed by atoms with Gasteiger partial charge in [-0.05, 0) is 89.9 Å². The lowest BCUT2D eigenvalue weighted by Crippen LogP contribution is -2.30. The van der Waals surface area contributed by atoms with Gasteiger partial charge < -0.3 is 14.2 Å². The molecule has 1 unspecified atom stereocenters. The molecule has 1 atom stereocenters. The Labute approximate surface area is 516 Å². The summed E-state index contributed by atoms with van der Waals surface area (Å²) in [7, 11) is 0. The Morgan fingerprint density at radius 1 is 0.253 bits per heavy atom. The van der Waals surface area contributed by atoms with E-state index in [0.717, 1.165) is 89.9 Å². The minimum atomic E-state index is -0.773. The predicted octanol–water partition coefficient (Wildman–Crippen LogP) is 25.2. The van der Waals surface area contributed by atoms with Crippen LogP contribution in [-0.4, -0.2) is 37.2 Å². The number of hydrogen-bond acceptors (Lipinski definition) is 6. The first-order chi connectivity index (χ1) is 41.0. The normalized spacial score (nSPS) is 12.5. The minimum Gasteiger partial charge on any atom is -0.462 e. The second-order valence-electron chi connectivity index (χ2n) is 24.5. The standard InChI is InChI=1S/C77H138O6/c1-4-7-10-13-16-19-22-24-26-28-30-32-34-35-36-37-38-39-40-41-43-44-46-48-50-52-55-58-61-64-67-70-76(79)82-73-74(72-81-75(78)69-66-63-60-57-54-21-18-15-12-9-6-3)83-77(80)71-68-65-62-59-56-53-51-49-47-45-42-33-31-29-27-25-23-20-17-14-11-8-5-2/h7,10,16,19,24,26,29-32,35-36,74H,4-6,8-9,11-15,17-18,20-23,25,27-28,33-34,37-73H2,1-3H3/b10-7-,19-16-,26-24-,31-29-,32-30-,36-35-. The van der Waals surface area contributed by atoms with Crippen LogP contribution in [0.4, 0.5) is 0 Å². The molecule has 0 aliphatic rings. The molecule has 0 bridgehead atoms. The topological polar surface area (TPSA) is 78.9 Å². The first-order valence-electron chi connectivity index (χ1n) is 36.4. The molecule has 0 fully saturated rings. The Morgan fingerprint density at radius 2 is 0.470 bits per heavy atom. The highest BCUT2D eigenvalue weighted by atomic mass is 16.6. The molecule has 0 aromatic rings. The zero-order valence-electron chi connectivity index (χ0n) is 55.5. The quantitative estimate of drug-likeness (QED) is 0.0261. The number of esters is 3. The van der Waals surface area contributed by atoms with Crippen LogP contribution in [0.15, 0.2) is 72.9 Å². The third kappa shape index (κ3) is 69.5. The summed E-state index contributed by atoms with van der Waals surface area (Å²) in [6.07, 6.45) is 93.7. The van der Waals surface area contributed by atoms with Crippen molar-refractivity contribution in [3.05, 3.63) is 72.9 Å². The number of ether oxygens (including phenoxy) is 3. The number of carbonyl (C=O) groups excluding carboxylic acids is 3. The summed E-state index contributed by atoms with van der Waals surface area (Å²) in [5.74, 6) is -0.848. The summed E-state index contributed by atoms with van der Waals surface area (Å²) < 4.78 is 17.0. The van der Waals surface area contributed by atoms with Gasteiger partial charge in [0.15, 0.2) is 6.10 Å². The Kier molecular flexibility index (Phi) is 68.6. The van der Waals surface area contributed by atoms with Crippen LogP contribution in [0.1, 0.15) is 380 Å². The summed E-state index contributed by atoms with van der Waals surface area (Å²) in [5, 5.41) is 0. The molecular formula is C77H138O6. The van der Waals surface area contributed by atoms with Crippen LogP contribution in [0.5, 0.6) is 0 Å². The lowest BCUT2D eigenvalue weighted by molar-refractivity contribution is -0.167. The van der Waals surface area contributed by atoms with Gasteiger partial charge in [0, 0.05) is 19.3 Å². The van der Waals surface area contributed by atoms with Gasteiger partial charge in [0.25, 0.3) is 0 Å². The maximum absolute atomic E-state index is 12.9. The Morgan fingerprint density at radius 3 is 0.747 bits per heavy atom. The molecular weight excluding hydrogens is 1020 g/mol. The van der Waals surface area contributed by atoms with E-state index >= 15 is 0 Å². The van der Waals surface area contributed by atoms with Crippen LogP contribution in [0.2, 0.25) is 0 Å². The van der Waals surface area contributed by atoms with Crippen molar-refractivity contribution < 1.29 is 28.6 Å². The van der Waals surface area contributed by atoms with E-state index in [2.05, 4.69) is 93.7 Å². The Bertz CT molecular complexity index is 1520. The maximum atomic E-state index is 12.9. The highest BCUT2D eigenvalue weighted by Crippen LogP contribution is 2.18. The third-order valence-corrected chi connectivity index (χ3v) is 16.2. The fraction of sp³-hybridized carbons (Fsp3) is 0.805. The first kappa shape index (κ1) is 79.8. The van der Waals surface area contributed by atoms with Crippen molar-refractivity contribution in [3.63, 3.8) is 0 Å². The number of rotatable bonds is 67. The fourth-order valence-electron chi connectivity index (χ4n) is 10.8. The molecule has 83 heavy (non-hydrogen) atoms. The van der Waals surface area contributed by atoms with Crippen LogP contribution in [0, 0.1) is 0 Å². The number of unbranched alkanes of at least 4 members (excludes halogenated alkanes) is 44. The summed E-state index contributed by atoms with van der Waals surface area (Å²) in [5.41, 5.74) is 0. The van der Waals surface area contributed by atoms with E-state index in [0.29, 0.717) is 19.3 Å². The molecule has 482 valence electrons. The highest BCUT2D eigenvalue weighted by Gasteiger charge is 2.19. The van der Waals surface area contributed by atoms with Crippen LogP contribution in [0.25, 0.3) is 0 Å². The number of allylic oxidation sites excluding steroid dienone is 12. The molecule has 0 amide bonds. The molecule has 0 aliphatic carbocycles. The molecule has 0 aliphatic heterocycles. The van der Waals surface area contributed by atoms with Crippen molar-refractivity contribution in [2.45, 2.75) is 386 Å². The van der Waals surface area contributed by atoms with Gasteiger partial charge in [0.2, 0.25) is 0 Å². The maximum Gasteiger partial charge on any atom is 0.306 e. The molecule has 6 nitrogen and oxygen atoms in total. The zero-order valence-corrected chi connectivity index (χ0v) is 55.5. The molecule has 6 heteroatoms. The number of carbonyl (C=O) groups is 3. The van der Waals surface area contributed by atoms with E-state index in [1.165, 1.54) is 250 Å². The minimum absolute atomic E-state index is 0.0696. The number of hydrogen-bond donors (Lipinski definition) is 0. The van der Waals surface area contributed by atoms with Crippen molar-refractivity contribution in [3.8, 4) is 0 Å². The molecule has 0 rings (SSSR count). The molecule has 0 radical (unpaired) electrons. The second kappa shape index (κ2) is 71.3. The van der Waals surface area contributed by atoms with E-state index < -0.39 is 6.10 Å². The summed E-state index contributed by atoms with van der Waals surface area (Å²) in [4.78, 5) is 38.4. The molecule has 0 saturated carbocycles. The Hall–Kier alpha value is -3.15. The van der Waals surface area contributed by atoms with E-state index in [4.69, 9.17) is 14.2 Å². The molecule has 0 aromatic heterocycles. The SMILES string of the molecule is CC/C=C\C/C=C\C/C=C\C/C=C\C/C=C\CCCCCCCCCCCCCCCCCC(=O)OCC(COC(=O)CCCCCCCCCCCCC)OC(=O)CCCCCCCCCCCCC/C=C\CCCCCCCCCC. The van der Waals surface area contributed by atoms with Gasteiger partial charge in [-0.15, -0.1) is 0 Å². The monoisotopic (exact) mass is 1160 g/mol. The van der Waals surface area contributed by atoms with E-state index in [-0.39, 0.29) is 31.1 Å². The van der Waals surface area contributed by atoms with Gasteiger partial charge in [-0.1, -0.05) is 344 Å². The molecule has 0 N–H and O–H groups in total. The zero-order chi connectivity index (χ0) is 59.9. The molecule has 0 spiro atoms. The van der Waals surface area contributed by atoms with Crippen molar-refractivity contribution in [1.29, 1.82) is 0 Å². The summed E-state index contributed by atoms with van der Waals surface area (Å²) >= 11 is 0. The highest BCUT2D eigenvalue weighted by molar-refractivity contribution is 5.71. The predicted molar refractivity (Wildman–Crippen MR) is 362 cm³/mol. The Balaban J connectivity index is 4.16. The fourth-order valence-corrected chi connectivity index (χ4v) is 10.8. The van der Waals surface area contributed by atoms with Crippen molar-refractivity contribution in [2.75, 3.05) is 13.2 Å². The van der Waals surface area contributed by atoms with Gasteiger partial charge >= 0.3 is 17.9 Å². The van der Waals surface area contributed by atoms with Gasteiger partial charge in [0.05, 0.1) is 0 Å². The van der Waals surface area contributed by atoms with Crippen LogP contribution in [-0.2, 0) is 28.6 Å². The third-order valence-electron chi connectivity index (χ3n) is 16.2. The van der Waals surface area contributed by atoms with Crippen molar-refractivity contribution in [2.24, 2.45) is 0 Å². The van der Waals surface area contributed by atoms with Gasteiger partial charge in [-0.2, -0.15) is 0 Å².